The first-order valence-corrected chi connectivity index (χ1v) is 11.0. The monoisotopic (exact) mass is 422 g/mol. The molecule has 8 nitrogen and oxygen atoms in total. The highest BCUT2D eigenvalue weighted by molar-refractivity contribution is 5.82. The Morgan fingerprint density at radius 2 is 1.94 bits per heavy atom. The Kier molecular flexibility index (Phi) is 5.06. The van der Waals surface area contributed by atoms with Crippen LogP contribution in [0.2, 0.25) is 0 Å². The molecule has 4 heterocycles. The smallest absolute Gasteiger partial charge is 0.320 e. The molecule has 0 bridgehead atoms. The van der Waals surface area contributed by atoms with Crippen LogP contribution in [-0.2, 0) is 0 Å². The van der Waals surface area contributed by atoms with Crippen LogP contribution in [0.15, 0.2) is 24.4 Å². The van der Waals surface area contributed by atoms with Crippen LogP contribution in [0.25, 0.3) is 16.7 Å². The molecular weight excluding hydrogens is 392 g/mol. The van der Waals surface area contributed by atoms with E-state index in [0.29, 0.717) is 30.7 Å². The fourth-order valence-electron chi connectivity index (χ4n) is 4.86. The number of aliphatic hydroxyl groups is 1. The molecule has 2 N–H and O–H groups in total. The van der Waals surface area contributed by atoms with Gasteiger partial charge < -0.3 is 20.1 Å². The normalized spacial score (nSPS) is 22.4. The zero-order valence-corrected chi connectivity index (χ0v) is 18.4. The lowest BCUT2D eigenvalue weighted by molar-refractivity contribution is 0.0839. The summed E-state index contributed by atoms with van der Waals surface area (Å²) in [6.07, 6.45) is 4.91. The first-order valence-electron chi connectivity index (χ1n) is 11.0. The molecule has 2 aromatic heterocycles. The van der Waals surface area contributed by atoms with Crippen LogP contribution >= 0.6 is 0 Å². The molecule has 0 saturated carbocycles. The van der Waals surface area contributed by atoms with Crippen molar-refractivity contribution in [3.05, 3.63) is 35.5 Å². The highest BCUT2D eigenvalue weighted by Gasteiger charge is 2.32. The van der Waals surface area contributed by atoms with Gasteiger partial charge in [-0.15, -0.1) is 0 Å². The fraction of sp³-hybridized carbons (Fsp3) is 0.522. The molecule has 31 heavy (non-hydrogen) atoms. The minimum absolute atomic E-state index is 0.299. The highest BCUT2D eigenvalue weighted by Crippen LogP contribution is 2.33. The summed E-state index contributed by atoms with van der Waals surface area (Å²) in [7, 11) is 1.57. The Labute approximate surface area is 182 Å². The number of aryl methyl sites for hydroxylation is 1. The highest BCUT2D eigenvalue weighted by atomic mass is 16.5. The van der Waals surface area contributed by atoms with Crippen molar-refractivity contribution in [2.24, 2.45) is 0 Å². The Hall–Kier alpha value is -2.71. The van der Waals surface area contributed by atoms with Gasteiger partial charge in [-0.2, -0.15) is 15.1 Å². The molecule has 5 rings (SSSR count). The number of hydrogen-bond donors (Lipinski definition) is 2. The first-order chi connectivity index (χ1) is 14.9. The number of rotatable bonds is 4. The fourth-order valence-corrected chi connectivity index (χ4v) is 4.86. The van der Waals surface area contributed by atoms with E-state index in [1.165, 1.54) is 11.1 Å². The summed E-state index contributed by atoms with van der Waals surface area (Å²) < 4.78 is 7.27. The van der Waals surface area contributed by atoms with Gasteiger partial charge in [-0.05, 0) is 75.4 Å². The summed E-state index contributed by atoms with van der Waals surface area (Å²) in [6, 6.07) is 6.74. The maximum absolute atomic E-state index is 10.4. The van der Waals surface area contributed by atoms with Gasteiger partial charge >= 0.3 is 6.01 Å². The SMILES string of the molecule is COc1nc(N2CCC(C)(O)C2)cc(-n2ncc3cc(C)c(C4CCNCC4)cc32)n1. The Balaban J connectivity index is 1.58. The standard InChI is InChI=1S/C23H30N6O2/c1-15-10-17-13-25-29(19(17)11-18(15)16-4-7-24-8-5-16)21-12-20(26-22(27-21)31-3)28-9-6-23(2,30)14-28/h10-13,16,24,30H,4-9,14H2,1-3H3. The molecule has 164 valence electrons. The number of methoxy groups -OCH3 is 1. The number of nitrogens with one attached hydrogen (secondary N) is 1. The topological polar surface area (TPSA) is 88.3 Å². The van der Waals surface area contributed by atoms with Crippen LogP contribution < -0.4 is 15.0 Å². The van der Waals surface area contributed by atoms with E-state index in [9.17, 15) is 5.11 Å². The van der Waals surface area contributed by atoms with Gasteiger partial charge in [-0.1, -0.05) is 0 Å². The van der Waals surface area contributed by atoms with Crippen LogP contribution in [0, 0.1) is 6.92 Å². The minimum atomic E-state index is -0.710. The predicted octanol–water partition coefficient (Wildman–Crippen LogP) is 2.56. The maximum Gasteiger partial charge on any atom is 0.320 e. The van der Waals surface area contributed by atoms with Crippen LogP contribution in [0.5, 0.6) is 6.01 Å². The molecule has 2 aliphatic heterocycles. The summed E-state index contributed by atoms with van der Waals surface area (Å²) >= 11 is 0. The number of ether oxygens (including phenoxy) is 1. The van der Waals surface area contributed by atoms with Crippen LogP contribution in [0.4, 0.5) is 5.82 Å². The summed E-state index contributed by atoms with van der Waals surface area (Å²) in [5.74, 6) is 1.98. The predicted molar refractivity (Wildman–Crippen MR) is 120 cm³/mol. The van der Waals surface area contributed by atoms with E-state index in [4.69, 9.17) is 4.74 Å². The molecule has 2 aliphatic rings. The molecule has 1 unspecified atom stereocenters. The van der Waals surface area contributed by atoms with E-state index in [-0.39, 0.29) is 0 Å². The number of nitrogens with zero attached hydrogens (tertiary/aromatic N) is 5. The molecule has 3 aromatic rings. The largest absolute Gasteiger partial charge is 0.467 e. The van der Waals surface area contributed by atoms with Gasteiger partial charge in [0.1, 0.15) is 5.82 Å². The number of benzene rings is 1. The van der Waals surface area contributed by atoms with Gasteiger partial charge in [0, 0.05) is 24.5 Å². The molecule has 1 atom stereocenters. The second-order valence-corrected chi connectivity index (χ2v) is 9.09. The van der Waals surface area contributed by atoms with Gasteiger partial charge in [0.15, 0.2) is 5.82 Å². The van der Waals surface area contributed by atoms with Crippen molar-refractivity contribution in [2.75, 3.05) is 38.2 Å². The van der Waals surface area contributed by atoms with E-state index in [1.807, 2.05) is 23.9 Å². The van der Waals surface area contributed by atoms with Crippen LogP contribution in [0.3, 0.4) is 0 Å². The van der Waals surface area contributed by atoms with E-state index < -0.39 is 5.60 Å². The van der Waals surface area contributed by atoms with Crippen molar-refractivity contribution in [1.82, 2.24) is 25.1 Å². The van der Waals surface area contributed by atoms with Crippen molar-refractivity contribution in [2.45, 2.75) is 44.6 Å². The molecule has 1 aromatic carbocycles. The maximum atomic E-state index is 10.4. The van der Waals surface area contributed by atoms with Gasteiger partial charge in [0.2, 0.25) is 0 Å². The first kappa shape index (κ1) is 20.2. The lowest BCUT2D eigenvalue weighted by Crippen LogP contribution is -2.30. The van der Waals surface area contributed by atoms with E-state index in [1.54, 1.807) is 7.11 Å². The van der Waals surface area contributed by atoms with Crippen LogP contribution in [0.1, 0.15) is 43.2 Å². The molecule has 0 spiro atoms. The average Bonchev–Trinajstić information content (AvgIpc) is 3.35. The molecule has 2 fully saturated rings. The molecule has 8 heteroatoms. The summed E-state index contributed by atoms with van der Waals surface area (Å²) in [4.78, 5) is 11.2. The van der Waals surface area contributed by atoms with E-state index >= 15 is 0 Å². The van der Waals surface area contributed by atoms with E-state index in [0.717, 1.165) is 49.2 Å². The molecule has 0 radical (unpaired) electrons. The molecule has 0 amide bonds. The number of anilines is 1. The van der Waals surface area contributed by atoms with Crippen molar-refractivity contribution in [3.63, 3.8) is 0 Å². The average molecular weight is 423 g/mol. The van der Waals surface area contributed by atoms with Crippen molar-refractivity contribution in [1.29, 1.82) is 0 Å². The quantitative estimate of drug-likeness (QED) is 0.668. The number of hydrogen-bond acceptors (Lipinski definition) is 7. The third-order valence-electron chi connectivity index (χ3n) is 6.59. The zero-order valence-electron chi connectivity index (χ0n) is 18.4. The minimum Gasteiger partial charge on any atom is -0.467 e. The molecule has 2 saturated heterocycles. The van der Waals surface area contributed by atoms with Crippen LogP contribution in [-0.4, -0.2) is 63.7 Å². The van der Waals surface area contributed by atoms with Gasteiger partial charge in [0.05, 0.1) is 24.4 Å². The second-order valence-electron chi connectivity index (χ2n) is 9.09. The number of aromatic nitrogens is 4. The van der Waals surface area contributed by atoms with E-state index in [2.05, 4.69) is 44.3 Å². The van der Waals surface area contributed by atoms with Crippen molar-refractivity contribution in [3.8, 4) is 11.8 Å². The number of piperidine rings is 1. The van der Waals surface area contributed by atoms with Gasteiger partial charge in [-0.25, -0.2) is 4.68 Å². The molecular formula is C23H30N6O2. The third-order valence-corrected chi connectivity index (χ3v) is 6.59. The molecule has 0 aliphatic carbocycles. The lowest BCUT2D eigenvalue weighted by atomic mass is 9.87. The second kappa shape index (κ2) is 7.76. The Bertz CT molecular complexity index is 1100. The van der Waals surface area contributed by atoms with Gasteiger partial charge in [0.25, 0.3) is 0 Å². The van der Waals surface area contributed by atoms with Gasteiger partial charge in [-0.3, -0.25) is 0 Å². The summed E-state index contributed by atoms with van der Waals surface area (Å²) in [6.45, 7) is 7.45. The van der Waals surface area contributed by atoms with Crippen molar-refractivity contribution >= 4 is 16.7 Å². The lowest BCUT2D eigenvalue weighted by Gasteiger charge is -2.24. The summed E-state index contributed by atoms with van der Waals surface area (Å²) in [5.41, 5.74) is 3.05. The summed E-state index contributed by atoms with van der Waals surface area (Å²) in [5, 5.41) is 19.6. The van der Waals surface area contributed by atoms with Crippen molar-refractivity contribution < 1.29 is 9.84 Å². The zero-order chi connectivity index (χ0) is 21.6. The third kappa shape index (κ3) is 3.85. The number of β-amino-alcohol motifs (C(OH)–C–C–N with tert-alkyl or cyclic N) is 1. The Morgan fingerprint density at radius 3 is 2.65 bits per heavy atom. The number of fused-ring (bicyclic) bond motifs is 1. The Morgan fingerprint density at radius 1 is 1.16 bits per heavy atom.